The zero-order chi connectivity index (χ0) is 14.7. The summed E-state index contributed by atoms with van der Waals surface area (Å²) in [6.45, 7) is 1.24. The van der Waals surface area contributed by atoms with Crippen molar-refractivity contribution in [3.63, 3.8) is 0 Å². The number of rotatable bonds is 2. The molecule has 114 valence electrons. The lowest BCUT2D eigenvalue weighted by molar-refractivity contribution is -0.120. The van der Waals surface area contributed by atoms with E-state index in [9.17, 15) is 4.79 Å². The Labute approximate surface area is 124 Å². The van der Waals surface area contributed by atoms with Crippen LogP contribution in [0.25, 0.3) is 0 Å². The summed E-state index contributed by atoms with van der Waals surface area (Å²) in [5, 5.41) is 2.95. The molecule has 1 aliphatic heterocycles. The van der Waals surface area contributed by atoms with E-state index in [0.717, 1.165) is 32.1 Å². The van der Waals surface area contributed by atoms with Gasteiger partial charge < -0.3 is 20.5 Å². The van der Waals surface area contributed by atoms with Crippen LogP contribution in [-0.4, -0.2) is 19.1 Å². The Morgan fingerprint density at radius 2 is 1.71 bits per heavy atom. The second-order valence-electron chi connectivity index (χ2n) is 5.76. The second-order valence-corrected chi connectivity index (χ2v) is 5.76. The van der Waals surface area contributed by atoms with E-state index in [4.69, 9.17) is 15.2 Å². The van der Waals surface area contributed by atoms with Crippen LogP contribution < -0.4 is 20.5 Å². The molecule has 1 aromatic rings. The van der Waals surface area contributed by atoms with Gasteiger partial charge in [-0.1, -0.05) is 19.3 Å². The average Bonchev–Trinajstić information content (AvgIpc) is 2.73. The molecule has 1 aromatic carbocycles. The Bertz CT molecular complexity index is 524. The summed E-state index contributed by atoms with van der Waals surface area (Å²) in [7, 11) is 0. The van der Waals surface area contributed by atoms with Crippen LogP contribution >= 0.6 is 0 Å². The number of nitrogens with two attached hydrogens (primary N) is 1. The fourth-order valence-electron chi connectivity index (χ4n) is 2.93. The summed E-state index contributed by atoms with van der Waals surface area (Å²) >= 11 is 0. The SMILES string of the molecule is Nc1cc2c(cc1NC(=O)C1CCCCC1)OCCCO2. The van der Waals surface area contributed by atoms with Gasteiger partial charge in [0, 0.05) is 24.5 Å². The van der Waals surface area contributed by atoms with E-state index in [2.05, 4.69) is 5.32 Å². The Morgan fingerprint density at radius 3 is 2.43 bits per heavy atom. The van der Waals surface area contributed by atoms with Gasteiger partial charge in [-0.2, -0.15) is 0 Å². The fourth-order valence-corrected chi connectivity index (χ4v) is 2.93. The fraction of sp³-hybridized carbons (Fsp3) is 0.562. The third kappa shape index (κ3) is 3.23. The maximum Gasteiger partial charge on any atom is 0.227 e. The van der Waals surface area contributed by atoms with Gasteiger partial charge >= 0.3 is 0 Å². The van der Waals surface area contributed by atoms with Gasteiger partial charge in [-0.15, -0.1) is 0 Å². The van der Waals surface area contributed by atoms with Gasteiger partial charge in [0.1, 0.15) is 0 Å². The summed E-state index contributed by atoms with van der Waals surface area (Å²) in [5.74, 6) is 1.48. The summed E-state index contributed by atoms with van der Waals surface area (Å²) in [6.07, 6.45) is 6.28. The first-order valence-electron chi connectivity index (χ1n) is 7.74. The van der Waals surface area contributed by atoms with E-state index >= 15 is 0 Å². The highest BCUT2D eigenvalue weighted by Gasteiger charge is 2.22. The minimum Gasteiger partial charge on any atom is -0.489 e. The van der Waals surface area contributed by atoms with Crippen molar-refractivity contribution in [2.45, 2.75) is 38.5 Å². The lowest BCUT2D eigenvalue weighted by Crippen LogP contribution is -2.25. The Hall–Kier alpha value is -1.91. The molecule has 2 aliphatic rings. The minimum absolute atomic E-state index is 0.0656. The monoisotopic (exact) mass is 290 g/mol. The molecule has 1 aliphatic carbocycles. The summed E-state index contributed by atoms with van der Waals surface area (Å²) in [6, 6.07) is 3.51. The molecular formula is C16H22N2O3. The van der Waals surface area contributed by atoms with Gasteiger partial charge in [0.25, 0.3) is 0 Å². The number of nitrogen functional groups attached to an aromatic ring is 1. The van der Waals surface area contributed by atoms with E-state index in [1.165, 1.54) is 6.42 Å². The quantitative estimate of drug-likeness (QED) is 0.821. The van der Waals surface area contributed by atoms with Crippen molar-refractivity contribution in [3.05, 3.63) is 12.1 Å². The number of ether oxygens (including phenoxy) is 2. The van der Waals surface area contributed by atoms with Gasteiger partial charge in [0.15, 0.2) is 11.5 Å². The van der Waals surface area contributed by atoms with Crippen LogP contribution in [0.2, 0.25) is 0 Å². The predicted molar refractivity (Wildman–Crippen MR) is 81.7 cm³/mol. The first-order chi connectivity index (χ1) is 10.2. The van der Waals surface area contributed by atoms with Crippen molar-refractivity contribution in [1.29, 1.82) is 0 Å². The molecule has 0 unspecified atom stereocenters. The van der Waals surface area contributed by atoms with E-state index in [-0.39, 0.29) is 11.8 Å². The molecule has 5 heteroatoms. The highest BCUT2D eigenvalue weighted by atomic mass is 16.5. The number of benzene rings is 1. The standard InChI is InChI=1S/C16H22N2O3/c17-12-9-14-15(21-8-4-7-20-14)10-13(12)18-16(19)11-5-2-1-3-6-11/h9-11H,1-8,17H2,(H,18,19). The summed E-state index contributed by atoms with van der Waals surface area (Å²) in [4.78, 5) is 12.3. The average molecular weight is 290 g/mol. The van der Waals surface area contributed by atoms with Gasteiger partial charge in [0.05, 0.1) is 24.6 Å². The number of carbonyl (C=O) groups is 1. The van der Waals surface area contributed by atoms with Crippen LogP contribution in [0.15, 0.2) is 12.1 Å². The van der Waals surface area contributed by atoms with Crippen LogP contribution in [0.5, 0.6) is 11.5 Å². The third-order valence-corrected chi connectivity index (χ3v) is 4.15. The Kier molecular flexibility index (Phi) is 4.18. The molecule has 0 spiro atoms. The van der Waals surface area contributed by atoms with Crippen LogP contribution in [-0.2, 0) is 4.79 Å². The zero-order valence-electron chi connectivity index (χ0n) is 12.2. The first kappa shape index (κ1) is 14.0. The van der Waals surface area contributed by atoms with Crippen molar-refractivity contribution in [1.82, 2.24) is 0 Å². The second kappa shape index (κ2) is 6.24. The molecule has 0 atom stereocenters. The molecule has 0 saturated heterocycles. The maximum absolute atomic E-state index is 12.3. The molecule has 0 bridgehead atoms. The van der Waals surface area contributed by atoms with Crippen LogP contribution in [0, 0.1) is 5.92 Å². The van der Waals surface area contributed by atoms with Gasteiger partial charge in [-0.25, -0.2) is 0 Å². The molecular weight excluding hydrogens is 268 g/mol. The Balaban J connectivity index is 1.75. The number of hydrogen-bond acceptors (Lipinski definition) is 4. The smallest absolute Gasteiger partial charge is 0.227 e. The summed E-state index contributed by atoms with van der Waals surface area (Å²) in [5.41, 5.74) is 7.16. The molecule has 0 radical (unpaired) electrons. The van der Waals surface area contributed by atoms with Crippen molar-refractivity contribution in [3.8, 4) is 11.5 Å². The van der Waals surface area contributed by atoms with Crippen molar-refractivity contribution < 1.29 is 14.3 Å². The zero-order valence-corrected chi connectivity index (χ0v) is 12.2. The molecule has 3 rings (SSSR count). The van der Waals surface area contributed by atoms with E-state index in [1.54, 1.807) is 12.1 Å². The van der Waals surface area contributed by atoms with Crippen LogP contribution in [0.3, 0.4) is 0 Å². The molecule has 0 aromatic heterocycles. The largest absolute Gasteiger partial charge is 0.489 e. The molecule has 1 amide bonds. The summed E-state index contributed by atoms with van der Waals surface area (Å²) < 4.78 is 11.2. The first-order valence-corrected chi connectivity index (χ1v) is 7.74. The number of carbonyl (C=O) groups excluding carboxylic acids is 1. The van der Waals surface area contributed by atoms with E-state index in [1.807, 2.05) is 0 Å². The number of nitrogens with one attached hydrogen (secondary N) is 1. The number of fused-ring (bicyclic) bond motifs is 1. The maximum atomic E-state index is 12.3. The van der Waals surface area contributed by atoms with Gasteiger partial charge in [0.2, 0.25) is 5.91 Å². The van der Waals surface area contributed by atoms with Gasteiger partial charge in [-0.3, -0.25) is 4.79 Å². The molecule has 1 heterocycles. The van der Waals surface area contributed by atoms with E-state index in [0.29, 0.717) is 36.1 Å². The van der Waals surface area contributed by atoms with Gasteiger partial charge in [-0.05, 0) is 12.8 Å². The highest BCUT2D eigenvalue weighted by Crippen LogP contribution is 2.37. The molecule has 21 heavy (non-hydrogen) atoms. The highest BCUT2D eigenvalue weighted by molar-refractivity contribution is 5.96. The lowest BCUT2D eigenvalue weighted by atomic mass is 9.88. The van der Waals surface area contributed by atoms with Crippen molar-refractivity contribution in [2.75, 3.05) is 24.3 Å². The van der Waals surface area contributed by atoms with Crippen molar-refractivity contribution in [2.24, 2.45) is 5.92 Å². The van der Waals surface area contributed by atoms with Crippen LogP contribution in [0.4, 0.5) is 11.4 Å². The predicted octanol–water partition coefficient (Wildman–Crippen LogP) is 2.95. The molecule has 3 N–H and O–H groups in total. The third-order valence-electron chi connectivity index (χ3n) is 4.15. The number of anilines is 2. The Morgan fingerprint density at radius 1 is 1.05 bits per heavy atom. The van der Waals surface area contributed by atoms with Crippen LogP contribution in [0.1, 0.15) is 38.5 Å². The lowest BCUT2D eigenvalue weighted by Gasteiger charge is -2.21. The molecule has 1 fully saturated rings. The van der Waals surface area contributed by atoms with E-state index < -0.39 is 0 Å². The normalized spacial score (nSPS) is 18.9. The molecule has 1 saturated carbocycles. The number of amides is 1. The minimum atomic E-state index is 0.0656. The number of hydrogen-bond donors (Lipinski definition) is 2. The molecule has 5 nitrogen and oxygen atoms in total. The topological polar surface area (TPSA) is 73.6 Å². The van der Waals surface area contributed by atoms with Crippen molar-refractivity contribution >= 4 is 17.3 Å².